The zero-order chi connectivity index (χ0) is 18.4. The maximum absolute atomic E-state index is 10.9. The molecule has 0 heterocycles. The van der Waals surface area contributed by atoms with Crippen LogP contribution in [0.3, 0.4) is 0 Å². The quantitative estimate of drug-likeness (QED) is 0.171. The maximum atomic E-state index is 10.9. The lowest BCUT2D eigenvalue weighted by molar-refractivity contribution is -0.140. The van der Waals surface area contributed by atoms with Gasteiger partial charge in [0.05, 0.1) is 13.5 Å². The Morgan fingerprint density at radius 2 is 1.28 bits per heavy atom. The molecule has 0 atom stereocenters. The predicted molar refractivity (Wildman–Crippen MR) is 109 cm³/mol. The van der Waals surface area contributed by atoms with Crippen molar-refractivity contribution in [2.24, 2.45) is 0 Å². The topological polar surface area (TPSA) is 38.3 Å². The lowest BCUT2D eigenvalue weighted by Crippen LogP contribution is -2.19. The van der Waals surface area contributed by atoms with E-state index in [4.69, 9.17) is 0 Å². The van der Waals surface area contributed by atoms with Crippen LogP contribution in [0, 0.1) is 0 Å². The van der Waals surface area contributed by atoms with E-state index in [1.165, 1.54) is 97.0 Å². The van der Waals surface area contributed by atoms with Gasteiger partial charge in [-0.1, -0.05) is 76.9 Å². The fraction of sp³-hybridized carbons (Fsp3) is 0.864. The van der Waals surface area contributed by atoms with Crippen molar-refractivity contribution in [2.75, 3.05) is 20.2 Å². The average Bonchev–Trinajstić information content (AvgIpc) is 2.63. The fourth-order valence-corrected chi connectivity index (χ4v) is 2.92. The van der Waals surface area contributed by atoms with Gasteiger partial charge in [0.25, 0.3) is 0 Å². The molecular formula is C22H43NO2. The van der Waals surface area contributed by atoms with Gasteiger partial charge in [0, 0.05) is 6.54 Å². The van der Waals surface area contributed by atoms with Gasteiger partial charge in [-0.3, -0.25) is 4.79 Å². The molecule has 0 saturated carbocycles. The Morgan fingerprint density at radius 1 is 0.760 bits per heavy atom. The third-order valence-corrected chi connectivity index (χ3v) is 4.60. The molecule has 0 bridgehead atoms. The number of nitrogens with one attached hydrogen (secondary N) is 1. The van der Waals surface area contributed by atoms with Gasteiger partial charge in [0.2, 0.25) is 0 Å². The van der Waals surface area contributed by atoms with E-state index in [2.05, 4.69) is 29.1 Å². The molecule has 0 spiro atoms. The van der Waals surface area contributed by atoms with Crippen LogP contribution < -0.4 is 5.32 Å². The van der Waals surface area contributed by atoms with Crippen LogP contribution in [0.2, 0.25) is 0 Å². The molecule has 0 aromatic carbocycles. The molecule has 0 saturated heterocycles. The van der Waals surface area contributed by atoms with Crippen molar-refractivity contribution in [3.63, 3.8) is 0 Å². The van der Waals surface area contributed by atoms with Gasteiger partial charge in [-0.15, -0.1) is 0 Å². The molecule has 0 unspecified atom stereocenters. The first-order chi connectivity index (χ1) is 12.3. The highest BCUT2D eigenvalue weighted by Crippen LogP contribution is 2.09. The summed E-state index contributed by atoms with van der Waals surface area (Å²) in [6.45, 7) is 4.02. The molecule has 3 nitrogen and oxygen atoms in total. The highest BCUT2D eigenvalue weighted by Gasteiger charge is 1.98. The first-order valence-electron chi connectivity index (χ1n) is 10.7. The number of hydrogen-bond donors (Lipinski definition) is 1. The molecule has 0 amide bonds. The maximum Gasteiger partial charge on any atom is 0.306 e. The Labute approximate surface area is 157 Å². The fourth-order valence-electron chi connectivity index (χ4n) is 2.92. The summed E-state index contributed by atoms with van der Waals surface area (Å²) in [5.74, 6) is -0.131. The third-order valence-electron chi connectivity index (χ3n) is 4.60. The van der Waals surface area contributed by atoms with E-state index >= 15 is 0 Å². The van der Waals surface area contributed by atoms with E-state index < -0.39 is 0 Å². The molecule has 0 aliphatic rings. The van der Waals surface area contributed by atoms with Crippen molar-refractivity contribution >= 4 is 5.97 Å². The summed E-state index contributed by atoms with van der Waals surface area (Å²) in [5, 5.41) is 3.29. The van der Waals surface area contributed by atoms with Crippen molar-refractivity contribution in [2.45, 2.75) is 103 Å². The number of methoxy groups -OCH3 is 1. The molecule has 0 radical (unpaired) electrons. The number of unbranched alkanes of at least 4 members (excludes halogenated alkanes) is 12. The van der Waals surface area contributed by atoms with Gasteiger partial charge in [0.1, 0.15) is 0 Å². The number of rotatable bonds is 19. The van der Waals surface area contributed by atoms with Crippen LogP contribution in [0.1, 0.15) is 103 Å². The van der Waals surface area contributed by atoms with E-state index in [-0.39, 0.29) is 5.97 Å². The highest BCUT2D eigenvalue weighted by atomic mass is 16.5. The normalized spacial score (nSPS) is 11.3. The molecule has 0 fully saturated rings. The van der Waals surface area contributed by atoms with E-state index in [1.54, 1.807) is 0 Å². The Bertz CT molecular complexity index is 302. The number of allylic oxidation sites excluding steroid dienone is 2. The highest BCUT2D eigenvalue weighted by molar-refractivity contribution is 5.69. The number of carbonyl (C=O) groups is 1. The van der Waals surface area contributed by atoms with Gasteiger partial charge >= 0.3 is 5.97 Å². The molecule has 25 heavy (non-hydrogen) atoms. The second kappa shape index (κ2) is 21.2. The Hall–Kier alpha value is -0.830. The molecule has 0 aromatic rings. The summed E-state index contributed by atoms with van der Waals surface area (Å²) in [5.41, 5.74) is 0. The minimum Gasteiger partial charge on any atom is -0.469 e. The minimum atomic E-state index is -0.131. The largest absolute Gasteiger partial charge is 0.469 e. The SMILES string of the molecule is CCCCCCCC/C=C/CCCCCCCCNCCC(=O)OC. The van der Waals surface area contributed by atoms with E-state index in [0.29, 0.717) is 6.42 Å². The Morgan fingerprint density at radius 3 is 1.84 bits per heavy atom. The van der Waals surface area contributed by atoms with Crippen LogP contribution in [0.15, 0.2) is 12.2 Å². The van der Waals surface area contributed by atoms with Crippen molar-refractivity contribution < 1.29 is 9.53 Å². The molecule has 148 valence electrons. The summed E-state index contributed by atoms with van der Waals surface area (Å²) in [4.78, 5) is 10.9. The van der Waals surface area contributed by atoms with Gasteiger partial charge in [0.15, 0.2) is 0 Å². The van der Waals surface area contributed by atoms with Crippen LogP contribution in [-0.2, 0) is 9.53 Å². The molecule has 0 aliphatic heterocycles. The Balaban J connectivity index is 3.08. The lowest BCUT2D eigenvalue weighted by Gasteiger charge is -2.04. The Kier molecular flexibility index (Phi) is 20.5. The summed E-state index contributed by atoms with van der Waals surface area (Å²) in [6.07, 6.45) is 24.0. The standard InChI is InChI=1S/C22H43NO2/c1-3-4-5-6-7-8-9-10-11-12-13-14-15-16-17-18-20-23-21-19-22(24)25-2/h10-11,23H,3-9,12-21H2,1-2H3/b11-10+. The first kappa shape index (κ1) is 24.2. The summed E-state index contributed by atoms with van der Waals surface area (Å²) in [7, 11) is 1.44. The number of hydrogen-bond acceptors (Lipinski definition) is 3. The zero-order valence-corrected chi connectivity index (χ0v) is 17.0. The molecule has 0 aliphatic carbocycles. The van der Waals surface area contributed by atoms with Crippen molar-refractivity contribution in [1.82, 2.24) is 5.32 Å². The smallest absolute Gasteiger partial charge is 0.306 e. The molecular weight excluding hydrogens is 310 g/mol. The zero-order valence-electron chi connectivity index (χ0n) is 17.0. The van der Waals surface area contributed by atoms with E-state index in [0.717, 1.165) is 13.1 Å². The van der Waals surface area contributed by atoms with Crippen LogP contribution in [0.25, 0.3) is 0 Å². The summed E-state index contributed by atoms with van der Waals surface area (Å²) >= 11 is 0. The van der Waals surface area contributed by atoms with Gasteiger partial charge < -0.3 is 10.1 Å². The van der Waals surface area contributed by atoms with E-state index in [9.17, 15) is 4.79 Å². The van der Waals surface area contributed by atoms with Crippen LogP contribution >= 0.6 is 0 Å². The number of esters is 1. The number of ether oxygens (including phenoxy) is 1. The van der Waals surface area contributed by atoms with Gasteiger partial charge in [-0.25, -0.2) is 0 Å². The summed E-state index contributed by atoms with van der Waals surface area (Å²) < 4.78 is 4.60. The summed E-state index contributed by atoms with van der Waals surface area (Å²) in [6, 6.07) is 0. The van der Waals surface area contributed by atoms with Crippen molar-refractivity contribution in [1.29, 1.82) is 0 Å². The third kappa shape index (κ3) is 21.1. The van der Waals surface area contributed by atoms with Crippen molar-refractivity contribution in [3.8, 4) is 0 Å². The molecule has 0 rings (SSSR count). The van der Waals surface area contributed by atoms with Crippen molar-refractivity contribution in [3.05, 3.63) is 12.2 Å². The second-order valence-electron chi connectivity index (χ2n) is 7.01. The van der Waals surface area contributed by atoms with Crippen LogP contribution in [0.4, 0.5) is 0 Å². The average molecular weight is 354 g/mol. The number of carbonyl (C=O) groups excluding carboxylic acids is 1. The van der Waals surface area contributed by atoms with Gasteiger partial charge in [-0.2, -0.15) is 0 Å². The van der Waals surface area contributed by atoms with Gasteiger partial charge in [-0.05, 0) is 38.6 Å². The van der Waals surface area contributed by atoms with Crippen LogP contribution in [-0.4, -0.2) is 26.2 Å². The molecule has 3 heteroatoms. The lowest BCUT2D eigenvalue weighted by atomic mass is 10.1. The molecule has 0 aromatic heterocycles. The second-order valence-corrected chi connectivity index (χ2v) is 7.01. The van der Waals surface area contributed by atoms with E-state index in [1.807, 2.05) is 0 Å². The monoisotopic (exact) mass is 353 g/mol. The molecule has 1 N–H and O–H groups in total. The first-order valence-corrected chi connectivity index (χ1v) is 10.7. The van der Waals surface area contributed by atoms with Crippen LogP contribution in [0.5, 0.6) is 0 Å². The minimum absolute atomic E-state index is 0.131. The predicted octanol–water partition coefficient (Wildman–Crippen LogP) is 6.18.